The number of hydroxylamine groups is 2. The molecule has 1 heterocycles. The van der Waals surface area contributed by atoms with E-state index in [1.807, 2.05) is 6.07 Å². The maximum atomic E-state index is 11.9. The number of rotatable bonds is 2. The van der Waals surface area contributed by atoms with Crippen molar-refractivity contribution in [1.82, 2.24) is 5.06 Å². The molecule has 1 aliphatic rings. The third-order valence-electron chi connectivity index (χ3n) is 2.98. The van der Waals surface area contributed by atoms with Crippen LogP contribution in [0.4, 0.5) is 0 Å². The maximum Gasteiger partial charge on any atom is 0.287 e. The van der Waals surface area contributed by atoms with Gasteiger partial charge in [0.1, 0.15) is 0 Å². The van der Waals surface area contributed by atoms with Crippen molar-refractivity contribution in [3.8, 4) is 0 Å². The first-order valence-corrected chi connectivity index (χ1v) is 6.18. The predicted molar refractivity (Wildman–Crippen MR) is 64.6 cm³/mol. The summed E-state index contributed by atoms with van der Waals surface area (Å²) < 4.78 is 0. The van der Waals surface area contributed by atoms with Crippen LogP contribution in [0.15, 0.2) is 6.07 Å². The highest BCUT2D eigenvalue weighted by Crippen LogP contribution is 2.40. The van der Waals surface area contributed by atoms with Crippen LogP contribution in [0.3, 0.4) is 0 Å². The molecule has 0 N–H and O–H groups in total. The van der Waals surface area contributed by atoms with Crippen LogP contribution in [-0.2, 0) is 17.7 Å². The Balaban J connectivity index is 2.21. The average Bonchev–Trinajstić information content (AvgIpc) is 2.68. The first-order chi connectivity index (χ1) is 7.43. The molecule has 0 atom stereocenters. The number of amides is 1. The minimum Gasteiger partial charge on any atom is -0.274 e. The Kier molecular flexibility index (Phi) is 2.80. The molecule has 4 heteroatoms. The number of fused-ring (bicyclic) bond motifs is 1. The van der Waals surface area contributed by atoms with Gasteiger partial charge in [-0.05, 0) is 29.9 Å². The molecular weight excluding hydrogens is 222 g/mol. The highest BCUT2D eigenvalue weighted by atomic mass is 32.1. The Labute approximate surface area is 100.0 Å². The summed E-state index contributed by atoms with van der Waals surface area (Å²) in [4.78, 5) is 18.9. The second kappa shape index (κ2) is 3.86. The second-order valence-corrected chi connectivity index (χ2v) is 6.20. The number of hydrogen-bond acceptors (Lipinski definition) is 3. The third-order valence-corrected chi connectivity index (χ3v) is 4.14. The van der Waals surface area contributed by atoms with E-state index in [0.29, 0.717) is 5.41 Å². The zero-order chi connectivity index (χ0) is 11.9. The fourth-order valence-corrected chi connectivity index (χ4v) is 3.53. The highest BCUT2D eigenvalue weighted by Gasteiger charge is 2.31. The molecule has 0 aromatic carbocycles. The third kappa shape index (κ3) is 1.99. The van der Waals surface area contributed by atoms with E-state index in [1.54, 1.807) is 18.4 Å². The summed E-state index contributed by atoms with van der Waals surface area (Å²) >= 11 is 1.60. The van der Waals surface area contributed by atoms with Crippen molar-refractivity contribution in [3.05, 3.63) is 21.4 Å². The predicted octanol–water partition coefficient (Wildman–Crippen LogP) is 2.51. The van der Waals surface area contributed by atoms with Crippen LogP contribution in [0.2, 0.25) is 0 Å². The molecule has 0 unspecified atom stereocenters. The van der Waals surface area contributed by atoms with E-state index in [4.69, 9.17) is 4.84 Å². The van der Waals surface area contributed by atoms with Crippen molar-refractivity contribution in [2.45, 2.75) is 26.7 Å². The van der Waals surface area contributed by atoms with Gasteiger partial charge in [0.2, 0.25) is 0 Å². The van der Waals surface area contributed by atoms with E-state index in [1.165, 1.54) is 22.6 Å². The first-order valence-electron chi connectivity index (χ1n) is 5.37. The van der Waals surface area contributed by atoms with Gasteiger partial charge in [-0.3, -0.25) is 9.63 Å². The van der Waals surface area contributed by atoms with E-state index in [2.05, 4.69) is 13.8 Å². The molecule has 0 saturated carbocycles. The fraction of sp³-hybridized carbons (Fsp3) is 0.583. The van der Waals surface area contributed by atoms with Gasteiger partial charge in [-0.25, -0.2) is 5.06 Å². The Bertz CT molecular complexity index is 397. The van der Waals surface area contributed by atoms with Crippen LogP contribution in [0, 0.1) is 5.41 Å². The van der Waals surface area contributed by atoms with Crippen LogP contribution >= 0.6 is 11.3 Å². The van der Waals surface area contributed by atoms with Crippen LogP contribution in [0.1, 0.15) is 34.0 Å². The van der Waals surface area contributed by atoms with E-state index < -0.39 is 0 Å². The fourth-order valence-electron chi connectivity index (χ4n) is 2.12. The minimum absolute atomic E-state index is 0.0558. The maximum absolute atomic E-state index is 11.9. The molecule has 0 aliphatic heterocycles. The molecule has 16 heavy (non-hydrogen) atoms. The molecule has 0 radical (unpaired) electrons. The van der Waals surface area contributed by atoms with Crippen molar-refractivity contribution in [2.75, 3.05) is 14.2 Å². The van der Waals surface area contributed by atoms with Crippen LogP contribution in [-0.4, -0.2) is 25.1 Å². The molecule has 1 aliphatic carbocycles. The van der Waals surface area contributed by atoms with E-state index in [-0.39, 0.29) is 5.91 Å². The Morgan fingerprint density at radius 3 is 2.75 bits per heavy atom. The van der Waals surface area contributed by atoms with Crippen molar-refractivity contribution in [1.29, 1.82) is 0 Å². The summed E-state index contributed by atoms with van der Waals surface area (Å²) in [5, 5.41) is 1.27. The summed E-state index contributed by atoms with van der Waals surface area (Å²) in [5.74, 6) is -0.0558. The van der Waals surface area contributed by atoms with Gasteiger partial charge in [0.25, 0.3) is 5.91 Å². The largest absolute Gasteiger partial charge is 0.287 e. The molecule has 88 valence electrons. The molecule has 0 bridgehead atoms. The zero-order valence-electron chi connectivity index (χ0n) is 10.2. The molecule has 2 rings (SSSR count). The topological polar surface area (TPSA) is 29.5 Å². The van der Waals surface area contributed by atoms with Gasteiger partial charge < -0.3 is 0 Å². The van der Waals surface area contributed by atoms with Gasteiger partial charge in [0, 0.05) is 11.9 Å². The van der Waals surface area contributed by atoms with Crippen molar-refractivity contribution in [3.63, 3.8) is 0 Å². The number of carbonyl (C=O) groups is 1. The number of thiophene rings is 1. The number of carbonyl (C=O) groups excluding carboxylic acids is 1. The van der Waals surface area contributed by atoms with Gasteiger partial charge in [-0.2, -0.15) is 0 Å². The summed E-state index contributed by atoms with van der Waals surface area (Å²) in [6.45, 7) is 4.53. The lowest BCUT2D eigenvalue weighted by molar-refractivity contribution is -0.0753. The number of hydrogen-bond donors (Lipinski definition) is 0. The molecule has 0 fully saturated rings. The molecule has 0 saturated heterocycles. The van der Waals surface area contributed by atoms with E-state index >= 15 is 0 Å². The van der Waals surface area contributed by atoms with Gasteiger partial charge in [-0.15, -0.1) is 11.3 Å². The Hall–Kier alpha value is -0.870. The lowest BCUT2D eigenvalue weighted by Crippen LogP contribution is -2.24. The quantitative estimate of drug-likeness (QED) is 0.742. The van der Waals surface area contributed by atoms with Crippen molar-refractivity contribution >= 4 is 17.2 Å². The second-order valence-electron chi connectivity index (χ2n) is 5.06. The minimum atomic E-state index is -0.0558. The van der Waals surface area contributed by atoms with Gasteiger partial charge >= 0.3 is 0 Å². The molecule has 1 aromatic heterocycles. The zero-order valence-corrected chi connectivity index (χ0v) is 11.0. The standard InChI is InChI=1S/C12H17NO2S/c1-12(2)6-8-5-9(16-10(8)7-12)11(14)13(3)15-4/h5H,6-7H2,1-4H3. The monoisotopic (exact) mass is 239 g/mol. The molecular formula is C12H17NO2S. The van der Waals surface area contributed by atoms with Gasteiger partial charge in [0.05, 0.1) is 12.0 Å². The average molecular weight is 239 g/mol. The first kappa shape index (κ1) is 11.6. The van der Waals surface area contributed by atoms with E-state index in [0.717, 1.165) is 17.7 Å². The van der Waals surface area contributed by atoms with Crippen LogP contribution in [0.25, 0.3) is 0 Å². The van der Waals surface area contributed by atoms with Gasteiger partial charge in [-0.1, -0.05) is 13.8 Å². The Morgan fingerprint density at radius 1 is 1.50 bits per heavy atom. The van der Waals surface area contributed by atoms with Gasteiger partial charge in [0.15, 0.2) is 0 Å². The normalized spacial score (nSPS) is 17.2. The van der Waals surface area contributed by atoms with Crippen LogP contribution < -0.4 is 0 Å². The SMILES string of the molecule is CON(C)C(=O)c1cc2c(s1)CC(C)(C)C2. The van der Waals surface area contributed by atoms with E-state index in [9.17, 15) is 4.79 Å². The lowest BCUT2D eigenvalue weighted by atomic mass is 9.91. The van der Waals surface area contributed by atoms with Crippen LogP contribution in [0.5, 0.6) is 0 Å². The molecule has 1 aromatic rings. The summed E-state index contributed by atoms with van der Waals surface area (Å²) in [5.41, 5.74) is 1.69. The molecule has 1 amide bonds. The summed E-state index contributed by atoms with van der Waals surface area (Å²) in [7, 11) is 3.14. The lowest BCUT2D eigenvalue weighted by Gasteiger charge is -2.16. The highest BCUT2D eigenvalue weighted by molar-refractivity contribution is 7.14. The summed E-state index contributed by atoms with van der Waals surface area (Å²) in [6.07, 6.45) is 2.15. The summed E-state index contributed by atoms with van der Waals surface area (Å²) in [6, 6.07) is 2.02. The number of nitrogens with zero attached hydrogens (tertiary/aromatic N) is 1. The smallest absolute Gasteiger partial charge is 0.274 e. The van der Waals surface area contributed by atoms with Crippen molar-refractivity contribution < 1.29 is 9.63 Å². The molecule has 3 nitrogen and oxygen atoms in total. The van der Waals surface area contributed by atoms with Crippen molar-refractivity contribution in [2.24, 2.45) is 5.41 Å². The Morgan fingerprint density at radius 2 is 2.19 bits per heavy atom. The molecule has 0 spiro atoms.